The zero-order valence-electron chi connectivity index (χ0n) is 11.2. The summed E-state index contributed by atoms with van der Waals surface area (Å²) in [6.07, 6.45) is 3.01. The number of hydrogen-bond acceptors (Lipinski definition) is 4. The highest BCUT2D eigenvalue weighted by atomic mass is 79.9. The minimum absolute atomic E-state index is 0.356. The van der Waals surface area contributed by atoms with E-state index >= 15 is 0 Å². The number of nitrogens with one attached hydrogen (secondary N) is 1. The molecule has 0 radical (unpaired) electrons. The summed E-state index contributed by atoms with van der Waals surface area (Å²) in [5.74, 6) is -0.930. The van der Waals surface area contributed by atoms with Crippen molar-refractivity contribution in [1.29, 1.82) is 0 Å². The molecule has 0 bridgehead atoms. The Hall–Kier alpha value is -2.21. The minimum Gasteiger partial charge on any atom is -0.467 e. The second-order valence-electron chi connectivity index (χ2n) is 4.23. The molecule has 21 heavy (non-hydrogen) atoms. The number of pyridine rings is 1. The number of carbonyl (C=O) groups excluding carboxylic acids is 2. The number of ether oxygens (including phenoxy) is 1. The quantitative estimate of drug-likeness (QED) is 0.862. The number of rotatable bonds is 4. The van der Waals surface area contributed by atoms with Gasteiger partial charge in [-0.05, 0) is 27.6 Å². The van der Waals surface area contributed by atoms with Gasteiger partial charge < -0.3 is 10.1 Å². The van der Waals surface area contributed by atoms with Crippen LogP contribution in [0.15, 0.2) is 53.3 Å². The average molecular weight is 349 g/mol. The maximum Gasteiger partial charge on any atom is 0.333 e. The van der Waals surface area contributed by atoms with Gasteiger partial charge in [-0.3, -0.25) is 9.78 Å². The number of benzene rings is 1. The average Bonchev–Trinajstić information content (AvgIpc) is 2.52. The number of nitrogens with zero attached hydrogens (tertiary/aromatic N) is 1. The van der Waals surface area contributed by atoms with E-state index in [1.807, 2.05) is 6.07 Å². The van der Waals surface area contributed by atoms with Crippen LogP contribution in [-0.2, 0) is 9.53 Å². The third kappa shape index (κ3) is 3.88. The number of carbonyl (C=O) groups is 2. The van der Waals surface area contributed by atoms with Gasteiger partial charge in [0.05, 0.1) is 12.7 Å². The molecular weight excluding hydrogens is 336 g/mol. The first kappa shape index (κ1) is 15.2. The SMILES string of the molecule is COC(=O)[C@@H](NC(=O)c1cncc(Br)c1)c1ccccc1. The van der Waals surface area contributed by atoms with Crippen LogP contribution in [0, 0.1) is 0 Å². The van der Waals surface area contributed by atoms with Gasteiger partial charge in [-0.2, -0.15) is 0 Å². The highest BCUT2D eigenvalue weighted by Gasteiger charge is 2.24. The fourth-order valence-electron chi connectivity index (χ4n) is 1.79. The van der Waals surface area contributed by atoms with Crippen molar-refractivity contribution in [1.82, 2.24) is 10.3 Å². The van der Waals surface area contributed by atoms with E-state index in [4.69, 9.17) is 4.74 Å². The number of methoxy groups -OCH3 is 1. The number of esters is 1. The van der Waals surface area contributed by atoms with Gasteiger partial charge in [-0.15, -0.1) is 0 Å². The lowest BCUT2D eigenvalue weighted by molar-refractivity contribution is -0.143. The monoisotopic (exact) mass is 348 g/mol. The Morgan fingerprint density at radius 1 is 1.24 bits per heavy atom. The molecule has 0 spiro atoms. The predicted molar refractivity (Wildman–Crippen MR) is 80.6 cm³/mol. The largest absolute Gasteiger partial charge is 0.467 e. The third-order valence-electron chi connectivity index (χ3n) is 2.81. The van der Waals surface area contributed by atoms with E-state index in [0.29, 0.717) is 15.6 Å². The summed E-state index contributed by atoms with van der Waals surface area (Å²) in [4.78, 5) is 28.0. The molecular formula is C15H13BrN2O3. The zero-order valence-corrected chi connectivity index (χ0v) is 12.8. The number of halogens is 1. The van der Waals surface area contributed by atoms with Crippen molar-refractivity contribution >= 4 is 27.8 Å². The summed E-state index contributed by atoms with van der Waals surface area (Å²) in [6.45, 7) is 0. The van der Waals surface area contributed by atoms with Gasteiger partial charge in [0.25, 0.3) is 5.91 Å². The Morgan fingerprint density at radius 2 is 1.95 bits per heavy atom. The lowest BCUT2D eigenvalue weighted by atomic mass is 10.1. The Balaban J connectivity index is 2.23. The third-order valence-corrected chi connectivity index (χ3v) is 3.25. The first-order valence-electron chi connectivity index (χ1n) is 6.16. The van der Waals surface area contributed by atoms with Crippen LogP contribution in [0.25, 0.3) is 0 Å². The van der Waals surface area contributed by atoms with Crippen molar-refractivity contribution in [3.8, 4) is 0 Å². The number of hydrogen-bond donors (Lipinski definition) is 1. The molecule has 0 saturated carbocycles. The molecule has 0 fully saturated rings. The van der Waals surface area contributed by atoms with E-state index in [1.54, 1.807) is 36.5 Å². The zero-order chi connectivity index (χ0) is 15.2. The van der Waals surface area contributed by atoms with Crippen LogP contribution in [-0.4, -0.2) is 24.0 Å². The molecule has 0 saturated heterocycles. The predicted octanol–water partition coefficient (Wildman–Crippen LogP) is 2.49. The molecule has 1 aromatic carbocycles. The summed E-state index contributed by atoms with van der Waals surface area (Å²) < 4.78 is 5.43. The van der Waals surface area contributed by atoms with Crippen molar-refractivity contribution < 1.29 is 14.3 Å². The molecule has 1 atom stereocenters. The van der Waals surface area contributed by atoms with E-state index in [1.165, 1.54) is 13.3 Å². The van der Waals surface area contributed by atoms with Crippen LogP contribution >= 0.6 is 15.9 Å². The summed E-state index contributed by atoms with van der Waals surface area (Å²) in [6, 6.07) is 9.68. The van der Waals surface area contributed by atoms with Gasteiger partial charge in [-0.25, -0.2) is 4.79 Å². The lowest BCUT2D eigenvalue weighted by Crippen LogP contribution is -2.34. The first-order chi connectivity index (χ1) is 10.1. The van der Waals surface area contributed by atoms with Crippen LogP contribution in [0.2, 0.25) is 0 Å². The van der Waals surface area contributed by atoms with Gasteiger partial charge in [0.1, 0.15) is 0 Å². The topological polar surface area (TPSA) is 68.3 Å². The Bertz CT molecular complexity index is 646. The van der Waals surface area contributed by atoms with Crippen molar-refractivity contribution in [3.63, 3.8) is 0 Å². The summed E-state index contributed by atoms with van der Waals surface area (Å²) in [5, 5.41) is 2.65. The van der Waals surface area contributed by atoms with E-state index in [-0.39, 0.29) is 0 Å². The number of amides is 1. The molecule has 2 aromatic rings. The molecule has 2 rings (SSSR count). The van der Waals surface area contributed by atoms with Gasteiger partial charge in [0, 0.05) is 16.9 Å². The molecule has 1 heterocycles. The second-order valence-corrected chi connectivity index (χ2v) is 5.15. The fourth-order valence-corrected chi connectivity index (χ4v) is 2.16. The lowest BCUT2D eigenvalue weighted by Gasteiger charge is -2.16. The molecule has 5 nitrogen and oxygen atoms in total. The molecule has 0 unspecified atom stereocenters. The van der Waals surface area contributed by atoms with Crippen molar-refractivity contribution in [2.45, 2.75) is 6.04 Å². The molecule has 1 amide bonds. The smallest absolute Gasteiger partial charge is 0.333 e. The molecule has 0 aliphatic carbocycles. The molecule has 1 N–H and O–H groups in total. The Kier molecular flexibility index (Phi) is 5.05. The highest BCUT2D eigenvalue weighted by molar-refractivity contribution is 9.10. The maximum atomic E-state index is 12.2. The van der Waals surface area contributed by atoms with E-state index in [0.717, 1.165) is 0 Å². The molecule has 6 heteroatoms. The fraction of sp³-hybridized carbons (Fsp3) is 0.133. The molecule has 108 valence electrons. The van der Waals surface area contributed by atoms with E-state index in [9.17, 15) is 9.59 Å². The van der Waals surface area contributed by atoms with Crippen molar-refractivity contribution in [2.24, 2.45) is 0 Å². The summed E-state index contributed by atoms with van der Waals surface area (Å²) in [7, 11) is 1.28. The van der Waals surface area contributed by atoms with Gasteiger partial charge in [-0.1, -0.05) is 30.3 Å². The molecule has 0 aliphatic rings. The van der Waals surface area contributed by atoms with Crippen LogP contribution in [0.1, 0.15) is 22.0 Å². The van der Waals surface area contributed by atoms with Gasteiger partial charge in [0.2, 0.25) is 0 Å². The Labute approximate surface area is 130 Å². The van der Waals surface area contributed by atoms with E-state index < -0.39 is 17.9 Å². The van der Waals surface area contributed by atoms with E-state index in [2.05, 4.69) is 26.2 Å². The minimum atomic E-state index is -0.859. The van der Waals surface area contributed by atoms with Crippen LogP contribution in [0.5, 0.6) is 0 Å². The molecule has 1 aromatic heterocycles. The van der Waals surface area contributed by atoms with Crippen molar-refractivity contribution in [2.75, 3.05) is 7.11 Å². The van der Waals surface area contributed by atoms with Crippen LogP contribution < -0.4 is 5.32 Å². The van der Waals surface area contributed by atoms with Crippen LogP contribution in [0.4, 0.5) is 0 Å². The normalized spacial score (nSPS) is 11.5. The highest BCUT2D eigenvalue weighted by Crippen LogP contribution is 2.16. The summed E-state index contributed by atoms with van der Waals surface area (Å²) >= 11 is 3.25. The standard InChI is InChI=1S/C15H13BrN2O3/c1-21-15(20)13(10-5-3-2-4-6-10)18-14(19)11-7-12(16)9-17-8-11/h2-9,13H,1H3,(H,18,19)/t13-/m0/s1. The second kappa shape index (κ2) is 6.99. The summed E-state index contributed by atoms with van der Waals surface area (Å²) in [5.41, 5.74) is 1.01. The van der Waals surface area contributed by atoms with Crippen molar-refractivity contribution in [3.05, 3.63) is 64.4 Å². The van der Waals surface area contributed by atoms with Gasteiger partial charge in [0.15, 0.2) is 6.04 Å². The molecule has 0 aliphatic heterocycles. The van der Waals surface area contributed by atoms with Crippen LogP contribution in [0.3, 0.4) is 0 Å². The first-order valence-corrected chi connectivity index (χ1v) is 6.95. The van der Waals surface area contributed by atoms with Gasteiger partial charge >= 0.3 is 5.97 Å². The number of aromatic nitrogens is 1. The Morgan fingerprint density at radius 3 is 2.57 bits per heavy atom. The maximum absolute atomic E-state index is 12.2.